The van der Waals surface area contributed by atoms with Gasteiger partial charge in [-0.3, -0.25) is 19.6 Å². The SMILES string of the molecule is CC(=O)CC(=O)N(O)C(=O)c1ccccc1. The zero-order chi connectivity index (χ0) is 12.1. The van der Waals surface area contributed by atoms with E-state index >= 15 is 0 Å². The predicted octanol–water partition coefficient (Wildman–Crippen LogP) is 1.02. The van der Waals surface area contributed by atoms with Gasteiger partial charge in [-0.1, -0.05) is 18.2 Å². The number of hydrogen-bond acceptors (Lipinski definition) is 4. The number of imide groups is 1. The summed E-state index contributed by atoms with van der Waals surface area (Å²) in [5, 5.41) is 9.24. The molecule has 0 atom stereocenters. The Morgan fingerprint density at radius 3 is 2.25 bits per heavy atom. The fourth-order valence-electron chi connectivity index (χ4n) is 1.10. The summed E-state index contributed by atoms with van der Waals surface area (Å²) >= 11 is 0. The minimum Gasteiger partial charge on any atom is -0.299 e. The highest BCUT2D eigenvalue weighted by Crippen LogP contribution is 2.04. The van der Waals surface area contributed by atoms with Crippen LogP contribution < -0.4 is 0 Å². The molecule has 0 bridgehead atoms. The van der Waals surface area contributed by atoms with Gasteiger partial charge in [0.1, 0.15) is 5.78 Å². The van der Waals surface area contributed by atoms with Crippen LogP contribution in [0.3, 0.4) is 0 Å². The van der Waals surface area contributed by atoms with Crippen molar-refractivity contribution in [1.82, 2.24) is 5.06 Å². The minimum atomic E-state index is -0.929. The quantitative estimate of drug-likeness (QED) is 0.470. The van der Waals surface area contributed by atoms with Crippen LogP contribution in [0.5, 0.6) is 0 Å². The lowest BCUT2D eigenvalue weighted by Crippen LogP contribution is -2.34. The van der Waals surface area contributed by atoms with Crippen molar-refractivity contribution in [1.29, 1.82) is 0 Å². The van der Waals surface area contributed by atoms with Gasteiger partial charge in [0, 0.05) is 5.56 Å². The monoisotopic (exact) mass is 221 g/mol. The maximum Gasteiger partial charge on any atom is 0.284 e. The number of benzene rings is 1. The second kappa shape index (κ2) is 5.18. The van der Waals surface area contributed by atoms with Gasteiger partial charge in [0.2, 0.25) is 0 Å². The zero-order valence-electron chi connectivity index (χ0n) is 8.71. The third-order valence-electron chi connectivity index (χ3n) is 1.85. The Labute approximate surface area is 92.2 Å². The molecule has 1 aromatic carbocycles. The Hall–Kier alpha value is -2.01. The largest absolute Gasteiger partial charge is 0.299 e. The lowest BCUT2D eigenvalue weighted by atomic mass is 10.2. The van der Waals surface area contributed by atoms with Gasteiger partial charge in [-0.15, -0.1) is 0 Å². The smallest absolute Gasteiger partial charge is 0.284 e. The van der Waals surface area contributed by atoms with E-state index in [0.29, 0.717) is 0 Å². The van der Waals surface area contributed by atoms with E-state index in [1.807, 2.05) is 0 Å². The fraction of sp³-hybridized carbons (Fsp3) is 0.182. The first-order valence-corrected chi connectivity index (χ1v) is 4.63. The molecule has 2 amide bonds. The summed E-state index contributed by atoms with van der Waals surface area (Å²) in [6.45, 7) is 1.21. The molecule has 0 aliphatic rings. The number of ketones is 1. The molecule has 0 aromatic heterocycles. The van der Waals surface area contributed by atoms with Gasteiger partial charge < -0.3 is 0 Å². The van der Waals surface area contributed by atoms with Crippen LogP contribution >= 0.6 is 0 Å². The van der Waals surface area contributed by atoms with E-state index in [1.165, 1.54) is 19.1 Å². The normalized spacial score (nSPS) is 9.62. The van der Waals surface area contributed by atoms with Gasteiger partial charge in [-0.2, -0.15) is 5.06 Å². The molecule has 1 N–H and O–H groups in total. The van der Waals surface area contributed by atoms with Gasteiger partial charge in [0.25, 0.3) is 11.8 Å². The number of rotatable bonds is 3. The van der Waals surface area contributed by atoms with E-state index in [-0.39, 0.29) is 10.6 Å². The second-order valence-electron chi connectivity index (χ2n) is 3.26. The molecule has 0 fully saturated rings. The molecule has 1 aromatic rings. The Kier molecular flexibility index (Phi) is 3.90. The molecule has 0 aliphatic heterocycles. The highest BCUT2D eigenvalue weighted by molar-refractivity contribution is 6.07. The minimum absolute atomic E-state index is 0.0310. The van der Waals surface area contributed by atoms with E-state index in [2.05, 4.69) is 0 Å². The van der Waals surface area contributed by atoms with Crippen molar-refractivity contribution in [3.05, 3.63) is 35.9 Å². The molecular formula is C11H11NO4. The Balaban J connectivity index is 2.75. The number of hydrogen-bond donors (Lipinski definition) is 1. The van der Waals surface area contributed by atoms with Crippen LogP contribution in [0.4, 0.5) is 0 Å². The zero-order valence-corrected chi connectivity index (χ0v) is 8.71. The summed E-state index contributed by atoms with van der Waals surface area (Å²) in [4.78, 5) is 33.4. The summed E-state index contributed by atoms with van der Waals surface area (Å²) in [6.07, 6.45) is -0.491. The number of hydroxylamine groups is 2. The lowest BCUT2D eigenvalue weighted by Gasteiger charge is -2.11. The third-order valence-corrected chi connectivity index (χ3v) is 1.85. The van der Waals surface area contributed by atoms with Crippen LogP contribution in [-0.2, 0) is 9.59 Å². The summed E-state index contributed by atoms with van der Waals surface area (Å²) in [6, 6.07) is 7.85. The molecule has 5 nitrogen and oxygen atoms in total. The Morgan fingerprint density at radius 2 is 1.75 bits per heavy atom. The second-order valence-corrected chi connectivity index (χ2v) is 3.26. The van der Waals surface area contributed by atoms with E-state index in [4.69, 9.17) is 0 Å². The van der Waals surface area contributed by atoms with Crippen molar-refractivity contribution >= 4 is 17.6 Å². The van der Waals surface area contributed by atoms with Crippen LogP contribution in [0.2, 0.25) is 0 Å². The molecule has 0 unspecified atom stereocenters. The third kappa shape index (κ3) is 2.99. The molecule has 0 spiro atoms. The summed E-state index contributed by atoms with van der Waals surface area (Å²) in [5.41, 5.74) is 0.182. The molecule has 1 rings (SSSR count). The fourth-order valence-corrected chi connectivity index (χ4v) is 1.10. The van der Waals surface area contributed by atoms with Gasteiger partial charge in [0.15, 0.2) is 0 Å². The first-order valence-electron chi connectivity index (χ1n) is 4.63. The highest BCUT2D eigenvalue weighted by atomic mass is 16.5. The molecule has 84 valence electrons. The van der Waals surface area contributed by atoms with Crippen molar-refractivity contribution in [2.24, 2.45) is 0 Å². The predicted molar refractivity (Wildman–Crippen MR) is 54.7 cm³/mol. The van der Waals surface area contributed by atoms with E-state index in [1.54, 1.807) is 18.2 Å². The maximum absolute atomic E-state index is 11.5. The average molecular weight is 221 g/mol. The first-order chi connectivity index (χ1) is 7.52. The average Bonchev–Trinajstić information content (AvgIpc) is 2.27. The molecular weight excluding hydrogens is 210 g/mol. The van der Waals surface area contributed by atoms with Crippen LogP contribution in [0.1, 0.15) is 23.7 Å². The van der Waals surface area contributed by atoms with Crippen LogP contribution in [-0.4, -0.2) is 27.9 Å². The van der Waals surface area contributed by atoms with Crippen molar-refractivity contribution < 1.29 is 19.6 Å². The van der Waals surface area contributed by atoms with Crippen LogP contribution in [0.25, 0.3) is 0 Å². The van der Waals surface area contributed by atoms with E-state index in [0.717, 1.165) is 0 Å². The first kappa shape index (κ1) is 12.1. The molecule has 0 radical (unpaired) electrons. The van der Waals surface area contributed by atoms with Crippen molar-refractivity contribution in [3.8, 4) is 0 Å². The lowest BCUT2D eigenvalue weighted by molar-refractivity contribution is -0.155. The van der Waals surface area contributed by atoms with Crippen LogP contribution in [0.15, 0.2) is 30.3 Å². The van der Waals surface area contributed by atoms with Crippen molar-refractivity contribution in [2.45, 2.75) is 13.3 Å². The number of carbonyl (C=O) groups is 3. The molecule has 0 saturated heterocycles. The Bertz CT molecular complexity index is 413. The number of amides is 2. The highest BCUT2D eigenvalue weighted by Gasteiger charge is 2.21. The summed E-state index contributed by atoms with van der Waals surface area (Å²) in [7, 11) is 0. The van der Waals surface area contributed by atoms with Gasteiger partial charge in [-0.05, 0) is 19.1 Å². The number of carbonyl (C=O) groups excluding carboxylic acids is 3. The standard InChI is InChI=1S/C11H11NO4/c1-8(13)7-10(14)12(16)11(15)9-5-3-2-4-6-9/h2-6,16H,7H2,1H3. The summed E-state index contributed by atoms with van der Waals surface area (Å²) in [5.74, 6) is -2.18. The van der Waals surface area contributed by atoms with Gasteiger partial charge in [-0.25, -0.2) is 0 Å². The maximum atomic E-state index is 11.5. The summed E-state index contributed by atoms with van der Waals surface area (Å²) < 4.78 is 0. The van der Waals surface area contributed by atoms with Crippen molar-refractivity contribution in [3.63, 3.8) is 0 Å². The number of Topliss-reactive ketones (excluding diaryl/α,β-unsaturated/α-hetero) is 1. The van der Waals surface area contributed by atoms with Gasteiger partial charge >= 0.3 is 0 Å². The van der Waals surface area contributed by atoms with Crippen LogP contribution in [0, 0.1) is 0 Å². The Morgan fingerprint density at radius 1 is 1.19 bits per heavy atom. The molecule has 0 heterocycles. The molecule has 0 saturated carbocycles. The molecule has 16 heavy (non-hydrogen) atoms. The van der Waals surface area contributed by atoms with Gasteiger partial charge in [0.05, 0.1) is 6.42 Å². The van der Waals surface area contributed by atoms with Crippen molar-refractivity contribution in [2.75, 3.05) is 0 Å². The number of nitrogens with zero attached hydrogens (tertiary/aromatic N) is 1. The van der Waals surface area contributed by atoms with E-state index in [9.17, 15) is 19.6 Å². The molecule has 5 heteroatoms. The topological polar surface area (TPSA) is 74.7 Å². The van der Waals surface area contributed by atoms with E-state index < -0.39 is 24.0 Å². The molecule has 0 aliphatic carbocycles.